The smallest absolute Gasteiger partial charge is 0.173 e. The Morgan fingerprint density at radius 1 is 1.31 bits per heavy atom. The molecule has 0 spiro atoms. The normalized spacial score (nSPS) is 22.3. The van der Waals surface area contributed by atoms with Crippen LogP contribution in [0.3, 0.4) is 0 Å². The van der Waals surface area contributed by atoms with Crippen molar-refractivity contribution in [3.63, 3.8) is 0 Å². The molecule has 1 aliphatic heterocycles. The molecule has 0 bridgehead atoms. The molecule has 0 radical (unpaired) electrons. The number of hydrogen-bond donors (Lipinski definition) is 1. The van der Waals surface area contributed by atoms with Crippen LogP contribution in [0.2, 0.25) is 0 Å². The van der Waals surface area contributed by atoms with Crippen LogP contribution in [0.25, 0.3) is 0 Å². The summed E-state index contributed by atoms with van der Waals surface area (Å²) in [5, 5.41) is 0. The van der Waals surface area contributed by atoms with E-state index in [1.807, 2.05) is 0 Å². The highest BCUT2D eigenvalue weighted by atomic mass is 16.7. The van der Waals surface area contributed by atoms with Gasteiger partial charge < -0.3 is 14.3 Å². The zero-order chi connectivity index (χ0) is 12.2. The van der Waals surface area contributed by atoms with Gasteiger partial charge in [-0.3, -0.25) is 0 Å². The maximum Gasteiger partial charge on any atom is 0.173 e. The van der Waals surface area contributed by atoms with Gasteiger partial charge in [0.1, 0.15) is 0 Å². The minimum atomic E-state index is -0.515. The van der Waals surface area contributed by atoms with Crippen molar-refractivity contribution in [2.75, 3.05) is 19.8 Å². The summed E-state index contributed by atoms with van der Waals surface area (Å²) in [4.78, 5) is 4.87. The molecule has 96 valence electrons. The van der Waals surface area contributed by atoms with E-state index in [2.05, 4.69) is 27.7 Å². The van der Waals surface area contributed by atoms with E-state index in [1.54, 1.807) is 0 Å². The van der Waals surface area contributed by atoms with Gasteiger partial charge in [0.2, 0.25) is 0 Å². The Morgan fingerprint density at radius 2 is 1.88 bits per heavy atom. The van der Waals surface area contributed by atoms with Gasteiger partial charge in [0.15, 0.2) is 5.79 Å². The van der Waals surface area contributed by atoms with Gasteiger partial charge in [0.05, 0.1) is 19.8 Å². The second-order valence-corrected chi connectivity index (χ2v) is 5.09. The van der Waals surface area contributed by atoms with Gasteiger partial charge >= 0.3 is 0 Å². The third-order valence-electron chi connectivity index (χ3n) is 3.92. The Labute approximate surface area is 98.4 Å². The average Bonchev–Trinajstić information content (AvgIpc) is 2.75. The Morgan fingerprint density at radius 3 is 2.25 bits per heavy atom. The number of nitrogens with two attached hydrogens (primary N) is 1. The third-order valence-corrected chi connectivity index (χ3v) is 3.92. The van der Waals surface area contributed by atoms with Crippen molar-refractivity contribution in [1.29, 1.82) is 0 Å². The lowest BCUT2D eigenvalue weighted by atomic mass is 9.72. The molecule has 0 saturated carbocycles. The molecule has 0 aromatic rings. The molecule has 4 nitrogen and oxygen atoms in total. The van der Waals surface area contributed by atoms with E-state index in [0.29, 0.717) is 19.8 Å². The predicted molar refractivity (Wildman–Crippen MR) is 62.6 cm³/mol. The van der Waals surface area contributed by atoms with Crippen LogP contribution in [-0.2, 0) is 14.3 Å². The van der Waals surface area contributed by atoms with E-state index in [1.165, 1.54) is 0 Å². The lowest BCUT2D eigenvalue weighted by molar-refractivity contribution is -0.234. The maximum absolute atomic E-state index is 5.83. The molecule has 0 amide bonds. The summed E-state index contributed by atoms with van der Waals surface area (Å²) >= 11 is 0. The molecule has 1 heterocycles. The Hall–Kier alpha value is -0.160. The van der Waals surface area contributed by atoms with Crippen LogP contribution in [0.15, 0.2) is 0 Å². The van der Waals surface area contributed by atoms with Crippen LogP contribution in [0.1, 0.15) is 40.5 Å². The van der Waals surface area contributed by atoms with E-state index in [9.17, 15) is 0 Å². The molecule has 1 saturated heterocycles. The van der Waals surface area contributed by atoms with E-state index >= 15 is 0 Å². The second-order valence-electron chi connectivity index (χ2n) is 5.09. The minimum absolute atomic E-state index is 0.0831. The molecular formula is C12H25NO3. The Bertz CT molecular complexity index is 212. The van der Waals surface area contributed by atoms with Crippen LogP contribution in [0.5, 0.6) is 0 Å². The van der Waals surface area contributed by atoms with Crippen molar-refractivity contribution in [2.24, 2.45) is 17.2 Å². The molecule has 1 atom stereocenters. The standard InChI is InChI=1S/C12H25NO3/c1-5-11(3,4)10(9-16-13)12(6-2)14-7-8-15-12/h10H,5-9,13H2,1-4H3. The van der Waals surface area contributed by atoms with Crippen molar-refractivity contribution in [3.8, 4) is 0 Å². The molecule has 1 rings (SSSR count). The zero-order valence-electron chi connectivity index (χ0n) is 10.9. The quantitative estimate of drug-likeness (QED) is 0.711. The molecule has 0 aromatic heterocycles. The maximum atomic E-state index is 5.83. The summed E-state index contributed by atoms with van der Waals surface area (Å²) in [7, 11) is 0. The van der Waals surface area contributed by atoms with Gasteiger partial charge in [-0.05, 0) is 11.8 Å². The SMILES string of the molecule is CCC(C)(C)C(CON)C1(CC)OCCO1. The fourth-order valence-corrected chi connectivity index (χ4v) is 2.41. The lowest BCUT2D eigenvalue weighted by Crippen LogP contribution is -2.49. The fourth-order valence-electron chi connectivity index (χ4n) is 2.41. The molecule has 1 aliphatic rings. The van der Waals surface area contributed by atoms with Crippen LogP contribution >= 0.6 is 0 Å². The predicted octanol–water partition coefficient (Wildman–Crippen LogP) is 2.08. The number of ether oxygens (including phenoxy) is 2. The fraction of sp³-hybridized carbons (Fsp3) is 1.00. The molecule has 0 aliphatic carbocycles. The van der Waals surface area contributed by atoms with E-state index in [4.69, 9.17) is 20.2 Å². The van der Waals surface area contributed by atoms with Gasteiger partial charge in [0.25, 0.3) is 0 Å². The van der Waals surface area contributed by atoms with Gasteiger partial charge in [0, 0.05) is 5.92 Å². The van der Waals surface area contributed by atoms with Crippen molar-refractivity contribution < 1.29 is 14.3 Å². The number of rotatable bonds is 6. The summed E-state index contributed by atoms with van der Waals surface area (Å²) in [5.41, 5.74) is 0.0831. The molecule has 4 heteroatoms. The molecule has 1 fully saturated rings. The van der Waals surface area contributed by atoms with Crippen LogP contribution < -0.4 is 5.90 Å². The molecule has 0 aromatic carbocycles. The van der Waals surface area contributed by atoms with Crippen LogP contribution in [0, 0.1) is 11.3 Å². The van der Waals surface area contributed by atoms with E-state index < -0.39 is 5.79 Å². The van der Waals surface area contributed by atoms with Crippen LogP contribution in [0.4, 0.5) is 0 Å². The summed E-state index contributed by atoms with van der Waals surface area (Å²) in [6.45, 7) is 10.5. The minimum Gasteiger partial charge on any atom is -0.347 e. The topological polar surface area (TPSA) is 53.7 Å². The van der Waals surface area contributed by atoms with Crippen molar-refractivity contribution in [1.82, 2.24) is 0 Å². The highest BCUT2D eigenvalue weighted by Gasteiger charge is 2.49. The Kier molecular flexibility index (Phi) is 4.73. The third kappa shape index (κ3) is 2.56. The van der Waals surface area contributed by atoms with Gasteiger partial charge in [-0.2, -0.15) is 0 Å². The summed E-state index contributed by atoms with van der Waals surface area (Å²) in [6, 6.07) is 0. The molecule has 16 heavy (non-hydrogen) atoms. The first-order valence-electron chi connectivity index (χ1n) is 6.12. The van der Waals surface area contributed by atoms with Crippen LogP contribution in [-0.4, -0.2) is 25.6 Å². The lowest BCUT2D eigenvalue weighted by Gasteiger charge is -2.43. The van der Waals surface area contributed by atoms with E-state index in [-0.39, 0.29) is 11.3 Å². The molecule has 2 N–H and O–H groups in total. The van der Waals surface area contributed by atoms with Gasteiger partial charge in [-0.25, -0.2) is 5.90 Å². The molecule has 1 unspecified atom stereocenters. The first-order chi connectivity index (χ1) is 7.52. The summed E-state index contributed by atoms with van der Waals surface area (Å²) in [5.74, 6) is 4.89. The zero-order valence-corrected chi connectivity index (χ0v) is 10.9. The summed E-state index contributed by atoms with van der Waals surface area (Å²) < 4.78 is 11.7. The highest BCUT2D eigenvalue weighted by molar-refractivity contribution is 4.90. The number of hydrogen-bond acceptors (Lipinski definition) is 4. The Balaban J connectivity index is 2.90. The second kappa shape index (κ2) is 5.45. The monoisotopic (exact) mass is 231 g/mol. The van der Waals surface area contributed by atoms with Gasteiger partial charge in [-0.15, -0.1) is 0 Å². The van der Waals surface area contributed by atoms with Crippen molar-refractivity contribution >= 4 is 0 Å². The molecular weight excluding hydrogens is 206 g/mol. The summed E-state index contributed by atoms with van der Waals surface area (Å²) in [6.07, 6.45) is 1.86. The van der Waals surface area contributed by atoms with Crippen molar-refractivity contribution in [3.05, 3.63) is 0 Å². The van der Waals surface area contributed by atoms with Crippen molar-refractivity contribution in [2.45, 2.75) is 46.3 Å². The first-order valence-corrected chi connectivity index (χ1v) is 6.12. The largest absolute Gasteiger partial charge is 0.347 e. The van der Waals surface area contributed by atoms with Gasteiger partial charge in [-0.1, -0.05) is 34.1 Å². The first kappa shape index (κ1) is 13.9. The highest BCUT2D eigenvalue weighted by Crippen LogP contribution is 2.44. The van der Waals surface area contributed by atoms with E-state index in [0.717, 1.165) is 12.8 Å². The average molecular weight is 231 g/mol.